The van der Waals surface area contributed by atoms with E-state index < -0.39 is 0 Å². The highest BCUT2D eigenvalue weighted by atomic mass is 32.1. The van der Waals surface area contributed by atoms with Crippen molar-refractivity contribution in [3.8, 4) is 11.1 Å². The molecule has 0 spiro atoms. The molecule has 1 atom stereocenters. The number of carbonyl (C=O) groups excluding carboxylic acids is 2. The van der Waals surface area contributed by atoms with E-state index in [1.54, 1.807) is 36.7 Å². The Balaban J connectivity index is 1.79. The summed E-state index contributed by atoms with van der Waals surface area (Å²) in [4.78, 5) is 42.4. The monoisotopic (exact) mass is 501 g/mol. The van der Waals surface area contributed by atoms with E-state index in [1.165, 1.54) is 15.9 Å². The first-order valence-corrected chi connectivity index (χ1v) is 12.6. The number of amides is 1. The molecule has 0 aliphatic carbocycles. The molecule has 186 valence electrons. The van der Waals surface area contributed by atoms with Gasteiger partial charge in [0.1, 0.15) is 16.6 Å². The number of carbonyl (C=O) groups is 2. The number of thiazole rings is 1. The number of benzene rings is 1. The minimum absolute atomic E-state index is 0.113. The van der Waals surface area contributed by atoms with Crippen molar-refractivity contribution in [3.05, 3.63) is 81.7 Å². The number of anilines is 1. The van der Waals surface area contributed by atoms with Gasteiger partial charge in [-0.1, -0.05) is 44.2 Å². The van der Waals surface area contributed by atoms with E-state index in [0.717, 1.165) is 28.1 Å². The first kappa shape index (κ1) is 26.9. The molecule has 2 heterocycles. The molecule has 0 saturated carbocycles. The average molecular weight is 502 g/mol. The van der Waals surface area contributed by atoms with Crippen LogP contribution in [0.15, 0.2) is 54.9 Å². The minimum atomic E-state index is -0.288. The highest BCUT2D eigenvalue weighted by molar-refractivity contribution is 7.11. The average Bonchev–Trinajstić information content (AvgIpc) is 3.34. The second kappa shape index (κ2) is 12.3. The zero-order chi connectivity index (χ0) is 26.2. The van der Waals surface area contributed by atoms with Gasteiger partial charge in [-0.2, -0.15) is 0 Å². The van der Waals surface area contributed by atoms with Crippen LogP contribution in [0.3, 0.4) is 0 Å². The third kappa shape index (κ3) is 6.72. The van der Waals surface area contributed by atoms with Crippen molar-refractivity contribution in [2.45, 2.75) is 32.6 Å². The zero-order valence-electron chi connectivity index (χ0n) is 21.4. The molecule has 1 aromatic carbocycles. The lowest BCUT2D eigenvalue weighted by molar-refractivity contribution is -0.119. The van der Waals surface area contributed by atoms with Gasteiger partial charge in [-0.25, -0.2) is 9.83 Å². The number of hydrogen-bond acceptors (Lipinski definition) is 6. The van der Waals surface area contributed by atoms with Gasteiger partial charge in [-0.3, -0.25) is 14.6 Å². The van der Waals surface area contributed by atoms with E-state index in [4.69, 9.17) is 6.57 Å². The van der Waals surface area contributed by atoms with Gasteiger partial charge in [0, 0.05) is 42.9 Å². The number of aromatic nitrogens is 2. The number of rotatable bonds is 10. The Morgan fingerprint density at radius 1 is 1.14 bits per heavy atom. The van der Waals surface area contributed by atoms with Crippen LogP contribution in [-0.2, 0) is 22.4 Å². The van der Waals surface area contributed by atoms with Crippen LogP contribution in [0.25, 0.3) is 16.0 Å². The Bertz CT molecular complexity index is 1310. The summed E-state index contributed by atoms with van der Waals surface area (Å²) in [5, 5.41) is 0.844. The van der Waals surface area contributed by atoms with E-state index in [0.29, 0.717) is 18.8 Å². The number of aryl methyl sites for hydroxylation is 1. The van der Waals surface area contributed by atoms with Crippen LogP contribution in [0, 0.1) is 6.57 Å². The van der Waals surface area contributed by atoms with Crippen LogP contribution in [0.1, 0.15) is 35.2 Å². The van der Waals surface area contributed by atoms with E-state index in [9.17, 15) is 9.59 Å². The summed E-state index contributed by atoms with van der Waals surface area (Å²) in [7, 11) is 5.45. The van der Waals surface area contributed by atoms with Crippen LogP contribution in [0.5, 0.6) is 0 Å². The quantitative estimate of drug-likeness (QED) is 0.278. The molecule has 2 aromatic heterocycles. The van der Waals surface area contributed by atoms with Crippen LogP contribution in [-0.4, -0.2) is 54.2 Å². The molecular weight excluding hydrogens is 470 g/mol. The van der Waals surface area contributed by atoms with E-state index >= 15 is 0 Å². The number of likely N-dealkylation sites (N-methyl/N-ethyl adjacent to an activating group) is 2. The lowest BCUT2D eigenvalue weighted by atomic mass is 9.92. The lowest BCUT2D eigenvalue weighted by Gasteiger charge is -2.17. The Morgan fingerprint density at radius 3 is 2.58 bits per heavy atom. The maximum atomic E-state index is 12.9. The Hall–Kier alpha value is -3.67. The molecule has 0 bridgehead atoms. The summed E-state index contributed by atoms with van der Waals surface area (Å²) in [5.41, 5.74) is 2.80. The Kier molecular flexibility index (Phi) is 9.23. The molecule has 0 saturated heterocycles. The summed E-state index contributed by atoms with van der Waals surface area (Å²) in [6, 6.07) is 9.47. The number of Topliss-reactive ketones (excluding diaryl/α,β-unsaturated/α-hetero) is 1. The normalized spacial score (nSPS) is 12.0. The largest absolute Gasteiger partial charge is 0.306 e. The Labute approximate surface area is 216 Å². The summed E-state index contributed by atoms with van der Waals surface area (Å²) >= 11 is 1.59. The first-order valence-electron chi connectivity index (χ1n) is 11.8. The van der Waals surface area contributed by atoms with Gasteiger partial charge >= 0.3 is 0 Å². The molecule has 8 heteroatoms. The SMILES string of the molecule is [C-]#[N+]c1cc(-c2cccc([C@H](C)C(=O)Cc3ncc(CC)s3)c2)cnc1N(C)C(=O)/C=C/CN(C)C. The molecule has 7 nitrogen and oxygen atoms in total. The fraction of sp³-hybridized carbons (Fsp3) is 0.321. The topological polar surface area (TPSA) is 70.8 Å². The highest BCUT2D eigenvalue weighted by Crippen LogP contribution is 2.32. The van der Waals surface area contributed by atoms with Gasteiger partial charge in [0.05, 0.1) is 13.0 Å². The van der Waals surface area contributed by atoms with Gasteiger partial charge in [0.2, 0.25) is 5.69 Å². The van der Waals surface area contributed by atoms with Crippen molar-refractivity contribution < 1.29 is 9.59 Å². The smallest absolute Gasteiger partial charge is 0.250 e. The number of ketones is 1. The highest BCUT2D eigenvalue weighted by Gasteiger charge is 2.19. The first-order chi connectivity index (χ1) is 17.2. The minimum Gasteiger partial charge on any atom is -0.306 e. The molecule has 3 aromatic rings. The van der Waals surface area contributed by atoms with Gasteiger partial charge in [0.25, 0.3) is 5.91 Å². The number of hydrogen-bond donors (Lipinski definition) is 0. The second-order valence-electron chi connectivity index (χ2n) is 8.80. The summed E-state index contributed by atoms with van der Waals surface area (Å²) in [6.45, 7) is 12.3. The molecule has 36 heavy (non-hydrogen) atoms. The molecule has 3 rings (SSSR count). The van der Waals surface area contributed by atoms with Gasteiger partial charge in [0.15, 0.2) is 0 Å². The van der Waals surface area contributed by atoms with Gasteiger partial charge in [-0.15, -0.1) is 11.3 Å². The third-order valence-electron chi connectivity index (χ3n) is 5.83. The molecule has 0 aliphatic rings. The molecule has 1 amide bonds. The molecule has 0 N–H and O–H groups in total. The fourth-order valence-electron chi connectivity index (χ4n) is 3.59. The maximum absolute atomic E-state index is 12.9. The number of pyridine rings is 1. The van der Waals surface area contributed by atoms with Gasteiger partial charge < -0.3 is 9.80 Å². The molecule has 0 aliphatic heterocycles. The predicted molar refractivity (Wildman–Crippen MR) is 146 cm³/mol. The van der Waals surface area contributed by atoms with Crippen LogP contribution in [0.2, 0.25) is 0 Å². The number of nitrogens with zero attached hydrogens (tertiary/aromatic N) is 5. The summed E-state index contributed by atoms with van der Waals surface area (Å²) in [6.07, 6.45) is 7.99. The summed E-state index contributed by atoms with van der Waals surface area (Å²) in [5.74, 6) is -0.114. The molecule has 0 fully saturated rings. The zero-order valence-corrected chi connectivity index (χ0v) is 22.2. The van der Waals surface area contributed by atoms with Crippen LogP contribution in [0.4, 0.5) is 11.5 Å². The molecule has 0 radical (unpaired) electrons. The maximum Gasteiger partial charge on any atom is 0.250 e. The van der Waals surface area contributed by atoms with Crippen molar-refractivity contribution in [1.29, 1.82) is 0 Å². The Morgan fingerprint density at radius 2 is 1.92 bits per heavy atom. The second-order valence-corrected chi connectivity index (χ2v) is 10.0. The van der Waals surface area contributed by atoms with E-state index in [2.05, 4.69) is 21.7 Å². The predicted octanol–water partition coefficient (Wildman–Crippen LogP) is 5.31. The fourth-order valence-corrected chi connectivity index (χ4v) is 4.47. The standard InChI is InChI=1S/C28H31N5O2S/c1-7-23-18-30-26(36-23)16-25(34)19(2)20-10-8-11-21(14-20)22-15-24(29-3)28(31-17-22)33(6)27(35)12-9-13-32(4)5/h8-12,14-15,17-19H,7,13,16H2,1-2,4-6H3/b12-9+/t19-/m0/s1. The third-order valence-corrected chi connectivity index (χ3v) is 6.97. The van der Waals surface area contributed by atoms with Crippen molar-refractivity contribution in [2.75, 3.05) is 32.6 Å². The van der Waals surface area contributed by atoms with Crippen molar-refractivity contribution in [1.82, 2.24) is 14.9 Å². The molecule has 0 unspecified atom stereocenters. The van der Waals surface area contributed by atoms with Crippen molar-refractivity contribution >= 4 is 34.5 Å². The van der Waals surface area contributed by atoms with Crippen LogP contribution >= 0.6 is 11.3 Å². The van der Waals surface area contributed by atoms with Gasteiger partial charge in [-0.05, 0) is 43.3 Å². The lowest BCUT2D eigenvalue weighted by Crippen LogP contribution is -2.25. The summed E-state index contributed by atoms with van der Waals surface area (Å²) < 4.78 is 0. The van der Waals surface area contributed by atoms with E-state index in [-0.39, 0.29) is 23.3 Å². The van der Waals surface area contributed by atoms with Crippen molar-refractivity contribution in [2.24, 2.45) is 0 Å². The molecular formula is C28H31N5O2S. The van der Waals surface area contributed by atoms with Crippen molar-refractivity contribution in [3.63, 3.8) is 0 Å². The van der Waals surface area contributed by atoms with E-state index in [1.807, 2.05) is 56.4 Å². The van der Waals surface area contributed by atoms with Crippen LogP contribution < -0.4 is 4.90 Å².